The summed E-state index contributed by atoms with van der Waals surface area (Å²) < 4.78 is 1.12. The van der Waals surface area contributed by atoms with E-state index < -0.39 is 0 Å². The van der Waals surface area contributed by atoms with Crippen molar-refractivity contribution >= 4 is 21.6 Å². The lowest BCUT2D eigenvalue weighted by Gasteiger charge is -2.38. The Bertz CT molecular complexity index is 396. The number of nitrogens with two attached hydrogens (primary N) is 1. The van der Waals surface area contributed by atoms with E-state index in [-0.39, 0.29) is 5.41 Å². The summed E-state index contributed by atoms with van der Waals surface area (Å²) in [5.41, 5.74) is 8.54. The van der Waals surface area contributed by atoms with Crippen LogP contribution < -0.4 is 10.6 Å². The fourth-order valence-corrected chi connectivity index (χ4v) is 2.37. The molecular formula is C15H25BrN2. The minimum Gasteiger partial charge on any atom is -0.371 e. The van der Waals surface area contributed by atoms with Gasteiger partial charge in [0.05, 0.1) is 0 Å². The quantitative estimate of drug-likeness (QED) is 0.915. The van der Waals surface area contributed by atoms with Gasteiger partial charge >= 0.3 is 0 Å². The SMILES string of the molecule is CC(N(C)c1cc(Br)ccc1CCN)C(C)(C)C. The second kappa shape index (κ2) is 6.07. The van der Waals surface area contributed by atoms with E-state index in [9.17, 15) is 0 Å². The molecule has 0 spiro atoms. The molecule has 1 aromatic rings. The fourth-order valence-electron chi connectivity index (χ4n) is 2.02. The highest BCUT2D eigenvalue weighted by atomic mass is 79.9. The van der Waals surface area contributed by atoms with Crippen molar-refractivity contribution in [3.63, 3.8) is 0 Å². The molecule has 1 aromatic carbocycles. The Morgan fingerprint density at radius 2 is 1.94 bits per heavy atom. The number of rotatable bonds is 4. The van der Waals surface area contributed by atoms with Gasteiger partial charge in [0, 0.05) is 23.2 Å². The van der Waals surface area contributed by atoms with Gasteiger partial charge in [-0.1, -0.05) is 42.8 Å². The van der Waals surface area contributed by atoms with Crippen LogP contribution >= 0.6 is 15.9 Å². The summed E-state index contributed by atoms with van der Waals surface area (Å²) in [4.78, 5) is 2.36. The molecule has 0 aromatic heterocycles. The van der Waals surface area contributed by atoms with Crippen molar-refractivity contribution in [2.75, 3.05) is 18.5 Å². The lowest BCUT2D eigenvalue weighted by Crippen LogP contribution is -2.39. The van der Waals surface area contributed by atoms with Crippen molar-refractivity contribution in [3.05, 3.63) is 28.2 Å². The van der Waals surface area contributed by atoms with Crippen LogP contribution in [0.5, 0.6) is 0 Å². The normalized spacial score (nSPS) is 13.5. The maximum Gasteiger partial charge on any atom is 0.0410 e. The Balaban J connectivity index is 3.10. The van der Waals surface area contributed by atoms with Crippen LogP contribution in [0.25, 0.3) is 0 Å². The van der Waals surface area contributed by atoms with Gasteiger partial charge < -0.3 is 10.6 Å². The number of anilines is 1. The second-order valence-electron chi connectivity index (χ2n) is 5.96. The van der Waals surface area contributed by atoms with Crippen molar-refractivity contribution in [3.8, 4) is 0 Å². The minimum atomic E-state index is 0.247. The van der Waals surface area contributed by atoms with Gasteiger partial charge in [-0.2, -0.15) is 0 Å². The maximum absolute atomic E-state index is 5.70. The molecule has 2 N–H and O–H groups in total. The zero-order valence-corrected chi connectivity index (χ0v) is 13.7. The van der Waals surface area contributed by atoms with Crippen LogP contribution in [0, 0.1) is 5.41 Å². The average Bonchev–Trinajstić information content (AvgIpc) is 2.28. The number of benzene rings is 1. The Labute approximate surface area is 120 Å². The third-order valence-corrected chi connectivity index (χ3v) is 4.17. The van der Waals surface area contributed by atoms with E-state index in [1.54, 1.807) is 0 Å². The zero-order chi connectivity index (χ0) is 13.9. The van der Waals surface area contributed by atoms with Gasteiger partial charge in [0.1, 0.15) is 0 Å². The van der Waals surface area contributed by atoms with E-state index in [0.29, 0.717) is 12.6 Å². The van der Waals surface area contributed by atoms with Crippen LogP contribution in [0.3, 0.4) is 0 Å². The zero-order valence-electron chi connectivity index (χ0n) is 12.1. The Morgan fingerprint density at radius 1 is 1.33 bits per heavy atom. The van der Waals surface area contributed by atoms with Gasteiger partial charge in [-0.3, -0.25) is 0 Å². The Kier molecular flexibility index (Phi) is 5.23. The highest BCUT2D eigenvalue weighted by Gasteiger charge is 2.25. The van der Waals surface area contributed by atoms with Gasteiger partial charge in [0.15, 0.2) is 0 Å². The third-order valence-electron chi connectivity index (χ3n) is 3.68. The molecule has 2 nitrogen and oxygen atoms in total. The first-order valence-electron chi connectivity index (χ1n) is 6.48. The summed E-state index contributed by atoms with van der Waals surface area (Å²) in [6.07, 6.45) is 0.920. The lowest BCUT2D eigenvalue weighted by atomic mass is 9.86. The maximum atomic E-state index is 5.70. The summed E-state index contributed by atoms with van der Waals surface area (Å²) >= 11 is 3.56. The molecule has 0 aliphatic rings. The van der Waals surface area contributed by atoms with Crippen molar-refractivity contribution in [2.45, 2.75) is 40.2 Å². The largest absolute Gasteiger partial charge is 0.371 e. The predicted molar refractivity (Wildman–Crippen MR) is 84.2 cm³/mol. The molecule has 0 aliphatic carbocycles. The molecule has 0 amide bonds. The molecule has 102 valence electrons. The smallest absolute Gasteiger partial charge is 0.0410 e. The van der Waals surface area contributed by atoms with E-state index in [2.05, 4.69) is 73.8 Å². The van der Waals surface area contributed by atoms with E-state index >= 15 is 0 Å². The molecule has 0 aliphatic heterocycles. The summed E-state index contributed by atoms with van der Waals surface area (Å²) in [6.45, 7) is 9.78. The number of hydrogen-bond donors (Lipinski definition) is 1. The van der Waals surface area contributed by atoms with Gasteiger partial charge in [0.2, 0.25) is 0 Å². The lowest BCUT2D eigenvalue weighted by molar-refractivity contribution is 0.329. The van der Waals surface area contributed by atoms with Gasteiger partial charge in [-0.25, -0.2) is 0 Å². The Hall–Kier alpha value is -0.540. The molecule has 0 saturated heterocycles. The molecule has 18 heavy (non-hydrogen) atoms. The first-order valence-corrected chi connectivity index (χ1v) is 7.28. The summed E-state index contributed by atoms with van der Waals surface area (Å²) in [5, 5.41) is 0. The molecular weight excluding hydrogens is 288 g/mol. The van der Waals surface area contributed by atoms with Crippen molar-refractivity contribution in [2.24, 2.45) is 11.1 Å². The van der Waals surface area contributed by atoms with E-state index in [4.69, 9.17) is 5.73 Å². The predicted octanol–water partition coefficient (Wildman–Crippen LogP) is 3.82. The van der Waals surface area contributed by atoms with Crippen LogP contribution in [0.1, 0.15) is 33.3 Å². The minimum absolute atomic E-state index is 0.247. The topological polar surface area (TPSA) is 29.3 Å². The van der Waals surface area contributed by atoms with E-state index in [0.717, 1.165) is 10.9 Å². The number of halogens is 1. The molecule has 1 unspecified atom stereocenters. The molecule has 0 bridgehead atoms. The van der Waals surface area contributed by atoms with Crippen LogP contribution in [0.15, 0.2) is 22.7 Å². The van der Waals surface area contributed by atoms with E-state index in [1.807, 2.05) is 0 Å². The van der Waals surface area contributed by atoms with E-state index in [1.165, 1.54) is 11.3 Å². The van der Waals surface area contributed by atoms with Crippen LogP contribution in [0.4, 0.5) is 5.69 Å². The highest BCUT2D eigenvalue weighted by molar-refractivity contribution is 9.10. The molecule has 1 rings (SSSR count). The monoisotopic (exact) mass is 312 g/mol. The summed E-state index contributed by atoms with van der Waals surface area (Å²) in [5.74, 6) is 0. The van der Waals surface area contributed by atoms with Crippen molar-refractivity contribution in [1.29, 1.82) is 0 Å². The van der Waals surface area contributed by atoms with Gasteiger partial charge in [-0.15, -0.1) is 0 Å². The highest BCUT2D eigenvalue weighted by Crippen LogP contribution is 2.31. The average molecular weight is 313 g/mol. The standard InChI is InChI=1S/C15H25BrN2/c1-11(15(2,3)4)18(5)14-10-13(16)7-6-12(14)8-9-17/h6-7,10-11H,8-9,17H2,1-5H3. The third kappa shape index (κ3) is 3.72. The molecule has 3 heteroatoms. The molecule has 0 fully saturated rings. The Morgan fingerprint density at radius 3 is 2.44 bits per heavy atom. The molecule has 0 saturated carbocycles. The van der Waals surface area contributed by atoms with Gasteiger partial charge in [-0.05, 0) is 43.0 Å². The molecule has 0 radical (unpaired) electrons. The second-order valence-corrected chi connectivity index (χ2v) is 6.88. The molecule has 0 heterocycles. The fraction of sp³-hybridized carbons (Fsp3) is 0.600. The molecule has 1 atom stereocenters. The summed E-state index contributed by atoms with van der Waals surface area (Å²) in [6, 6.07) is 6.90. The van der Waals surface area contributed by atoms with Crippen LogP contribution in [0.2, 0.25) is 0 Å². The summed E-state index contributed by atoms with van der Waals surface area (Å²) in [7, 11) is 2.16. The van der Waals surface area contributed by atoms with Crippen molar-refractivity contribution < 1.29 is 0 Å². The number of hydrogen-bond acceptors (Lipinski definition) is 2. The first kappa shape index (κ1) is 15.5. The van der Waals surface area contributed by atoms with Gasteiger partial charge in [0.25, 0.3) is 0 Å². The number of nitrogens with zero attached hydrogens (tertiary/aromatic N) is 1. The first-order chi connectivity index (χ1) is 8.27. The van der Waals surface area contributed by atoms with Crippen LogP contribution in [-0.4, -0.2) is 19.6 Å². The van der Waals surface area contributed by atoms with Crippen molar-refractivity contribution in [1.82, 2.24) is 0 Å². The van der Waals surface area contributed by atoms with Crippen LogP contribution in [-0.2, 0) is 6.42 Å².